The molecular formula is C23H24F2N4OS. The molecule has 31 heavy (non-hydrogen) atoms. The number of fused-ring (bicyclic) bond motifs is 1. The SMILES string of the molecule is O=C(NCC(c1scnc1C1CC1)N1CCC(F)(F)CC1)c1cccc2ncccc12. The van der Waals surface area contributed by atoms with Crippen molar-refractivity contribution in [3.05, 3.63) is 58.2 Å². The predicted octanol–water partition coefficient (Wildman–Crippen LogP) is 4.77. The molecule has 0 spiro atoms. The molecule has 2 aliphatic rings. The van der Waals surface area contributed by atoms with E-state index < -0.39 is 5.92 Å². The Morgan fingerprint density at radius 1 is 1.19 bits per heavy atom. The van der Waals surface area contributed by atoms with Crippen LogP contribution in [-0.2, 0) is 0 Å². The highest BCUT2D eigenvalue weighted by molar-refractivity contribution is 7.09. The Balaban J connectivity index is 1.38. The molecule has 2 aromatic heterocycles. The molecule has 1 unspecified atom stereocenters. The highest BCUT2D eigenvalue weighted by Crippen LogP contribution is 2.45. The number of likely N-dealkylation sites (tertiary alicyclic amines) is 1. The molecule has 3 heterocycles. The van der Waals surface area contributed by atoms with E-state index in [1.54, 1.807) is 23.6 Å². The summed E-state index contributed by atoms with van der Waals surface area (Å²) in [5, 5.41) is 3.87. The minimum atomic E-state index is -2.60. The van der Waals surface area contributed by atoms with Crippen LogP contribution in [0, 0.1) is 0 Å². The van der Waals surface area contributed by atoms with Gasteiger partial charge in [0.05, 0.1) is 22.8 Å². The molecule has 1 amide bonds. The van der Waals surface area contributed by atoms with Crippen molar-refractivity contribution in [1.29, 1.82) is 0 Å². The molecule has 162 valence electrons. The quantitative estimate of drug-likeness (QED) is 0.597. The van der Waals surface area contributed by atoms with Crippen LogP contribution >= 0.6 is 11.3 Å². The average Bonchev–Trinajstić information content (AvgIpc) is 3.51. The lowest BCUT2D eigenvalue weighted by molar-refractivity contribution is -0.0630. The predicted molar refractivity (Wildman–Crippen MR) is 117 cm³/mol. The van der Waals surface area contributed by atoms with Crippen molar-refractivity contribution in [2.75, 3.05) is 19.6 Å². The second kappa shape index (κ2) is 8.24. The Labute approximate surface area is 183 Å². The lowest BCUT2D eigenvalue weighted by Crippen LogP contribution is -2.45. The Hall–Kier alpha value is -2.45. The minimum absolute atomic E-state index is 0.142. The number of hydrogen-bond acceptors (Lipinski definition) is 5. The summed E-state index contributed by atoms with van der Waals surface area (Å²) in [5.74, 6) is -2.31. The fourth-order valence-corrected chi connectivity index (χ4v) is 5.32. The van der Waals surface area contributed by atoms with E-state index in [4.69, 9.17) is 0 Å². The molecular weight excluding hydrogens is 418 g/mol. The largest absolute Gasteiger partial charge is 0.350 e. The summed E-state index contributed by atoms with van der Waals surface area (Å²) in [6, 6.07) is 9.05. The molecule has 1 N–H and O–H groups in total. The fourth-order valence-electron chi connectivity index (χ4n) is 4.31. The zero-order chi connectivity index (χ0) is 21.4. The van der Waals surface area contributed by atoms with Crippen molar-refractivity contribution in [3.63, 3.8) is 0 Å². The summed E-state index contributed by atoms with van der Waals surface area (Å²) >= 11 is 1.57. The molecule has 1 saturated heterocycles. The Morgan fingerprint density at radius 3 is 2.77 bits per heavy atom. The van der Waals surface area contributed by atoms with Crippen molar-refractivity contribution in [1.82, 2.24) is 20.2 Å². The van der Waals surface area contributed by atoms with Gasteiger partial charge >= 0.3 is 0 Å². The molecule has 8 heteroatoms. The van der Waals surface area contributed by atoms with Crippen molar-refractivity contribution in [2.24, 2.45) is 0 Å². The summed E-state index contributed by atoms with van der Waals surface area (Å²) < 4.78 is 27.5. The number of carbonyl (C=O) groups excluding carboxylic acids is 1. The zero-order valence-electron chi connectivity index (χ0n) is 17.1. The summed E-state index contributed by atoms with van der Waals surface area (Å²) in [7, 11) is 0. The Kier molecular flexibility index (Phi) is 5.44. The van der Waals surface area contributed by atoms with Crippen LogP contribution in [0.15, 0.2) is 42.0 Å². The number of halogens is 2. The number of rotatable bonds is 6. The van der Waals surface area contributed by atoms with E-state index in [0.29, 0.717) is 31.1 Å². The average molecular weight is 443 g/mol. The van der Waals surface area contributed by atoms with E-state index in [0.717, 1.165) is 34.3 Å². The molecule has 1 aliphatic carbocycles. The van der Waals surface area contributed by atoms with Gasteiger partial charge in [0.1, 0.15) is 0 Å². The highest BCUT2D eigenvalue weighted by Gasteiger charge is 2.39. The van der Waals surface area contributed by atoms with Gasteiger partial charge in [0.2, 0.25) is 0 Å². The molecule has 5 rings (SSSR count). The molecule has 5 nitrogen and oxygen atoms in total. The maximum absolute atomic E-state index is 13.8. The van der Waals surface area contributed by atoms with Crippen LogP contribution in [0.5, 0.6) is 0 Å². The number of alkyl halides is 2. The van der Waals surface area contributed by atoms with E-state index in [1.807, 2.05) is 29.8 Å². The van der Waals surface area contributed by atoms with Crippen molar-refractivity contribution in [3.8, 4) is 0 Å². The Morgan fingerprint density at radius 2 is 2.00 bits per heavy atom. The number of pyridine rings is 1. The molecule has 1 aromatic carbocycles. The van der Waals surface area contributed by atoms with Gasteiger partial charge in [-0.3, -0.25) is 14.7 Å². The molecule has 2 fully saturated rings. The van der Waals surface area contributed by atoms with Gasteiger partial charge in [0, 0.05) is 60.4 Å². The second-order valence-corrected chi connectivity index (χ2v) is 9.26. The molecule has 1 aliphatic heterocycles. The molecule has 3 aromatic rings. The van der Waals surface area contributed by atoms with Crippen molar-refractivity contribution >= 4 is 28.1 Å². The van der Waals surface area contributed by atoms with Gasteiger partial charge in [-0.2, -0.15) is 0 Å². The first-order valence-corrected chi connectivity index (χ1v) is 11.6. The van der Waals surface area contributed by atoms with E-state index in [1.165, 1.54) is 0 Å². The number of nitrogens with zero attached hydrogens (tertiary/aromatic N) is 3. The van der Waals surface area contributed by atoms with E-state index in [-0.39, 0.29) is 24.8 Å². The van der Waals surface area contributed by atoms with Crippen LogP contribution in [0.1, 0.15) is 58.6 Å². The van der Waals surface area contributed by atoms with Crippen LogP contribution in [0.4, 0.5) is 8.78 Å². The number of carbonyl (C=O) groups is 1. The van der Waals surface area contributed by atoms with Gasteiger partial charge in [-0.15, -0.1) is 11.3 Å². The van der Waals surface area contributed by atoms with Crippen LogP contribution in [0.25, 0.3) is 10.9 Å². The number of piperidine rings is 1. The summed E-state index contributed by atoms with van der Waals surface area (Å²) in [6.07, 6.45) is 3.65. The number of benzene rings is 1. The normalized spacial score (nSPS) is 19.9. The highest BCUT2D eigenvalue weighted by atomic mass is 32.1. The third-order valence-electron chi connectivity index (χ3n) is 6.21. The van der Waals surface area contributed by atoms with Crippen LogP contribution in [0.2, 0.25) is 0 Å². The Bertz CT molecular complexity index is 1080. The van der Waals surface area contributed by atoms with Gasteiger partial charge in [-0.25, -0.2) is 13.8 Å². The second-order valence-electron chi connectivity index (χ2n) is 8.37. The van der Waals surface area contributed by atoms with Gasteiger partial charge in [0.25, 0.3) is 11.8 Å². The number of hydrogen-bond donors (Lipinski definition) is 1. The molecule has 1 saturated carbocycles. The standard InChI is InChI=1S/C23H24F2N4OS/c24-23(25)8-11-29(12-9-23)19(21-20(15-6-7-15)28-14-31-21)13-27-22(30)17-3-1-5-18-16(17)4-2-10-26-18/h1-5,10,14-15,19H,6-9,11-13H2,(H,27,30). The lowest BCUT2D eigenvalue weighted by Gasteiger charge is -2.37. The topological polar surface area (TPSA) is 58.1 Å². The fraction of sp³-hybridized carbons (Fsp3) is 0.435. The summed E-state index contributed by atoms with van der Waals surface area (Å²) in [4.78, 5) is 25.1. The lowest BCUT2D eigenvalue weighted by atomic mass is 10.0. The van der Waals surface area contributed by atoms with Gasteiger partial charge in [-0.05, 0) is 31.0 Å². The third kappa shape index (κ3) is 4.32. The number of nitrogens with one attached hydrogen (secondary N) is 1. The van der Waals surface area contributed by atoms with Crippen molar-refractivity contribution < 1.29 is 13.6 Å². The first-order valence-electron chi connectivity index (χ1n) is 10.7. The van der Waals surface area contributed by atoms with E-state index in [9.17, 15) is 13.6 Å². The first-order chi connectivity index (χ1) is 15.0. The molecule has 0 bridgehead atoms. The van der Waals surface area contributed by atoms with Gasteiger partial charge in [0.15, 0.2) is 0 Å². The maximum Gasteiger partial charge on any atom is 0.252 e. The molecule has 1 atom stereocenters. The van der Waals surface area contributed by atoms with E-state index in [2.05, 4.69) is 20.2 Å². The number of amides is 1. The maximum atomic E-state index is 13.8. The van der Waals surface area contributed by atoms with Crippen LogP contribution in [0.3, 0.4) is 0 Å². The zero-order valence-corrected chi connectivity index (χ0v) is 17.9. The van der Waals surface area contributed by atoms with Crippen LogP contribution in [-0.4, -0.2) is 46.3 Å². The van der Waals surface area contributed by atoms with Gasteiger partial charge < -0.3 is 5.32 Å². The number of aromatic nitrogens is 2. The summed E-state index contributed by atoms with van der Waals surface area (Å²) in [5.41, 5.74) is 4.26. The third-order valence-corrected chi connectivity index (χ3v) is 7.15. The van der Waals surface area contributed by atoms with E-state index >= 15 is 0 Å². The molecule has 0 radical (unpaired) electrons. The first kappa shape index (κ1) is 20.5. The monoisotopic (exact) mass is 442 g/mol. The summed E-state index contributed by atoms with van der Waals surface area (Å²) in [6.45, 7) is 0.991. The van der Waals surface area contributed by atoms with Crippen LogP contribution < -0.4 is 5.32 Å². The van der Waals surface area contributed by atoms with Gasteiger partial charge in [-0.1, -0.05) is 12.1 Å². The minimum Gasteiger partial charge on any atom is -0.350 e. The number of thiazole rings is 1. The van der Waals surface area contributed by atoms with Crippen molar-refractivity contribution in [2.45, 2.75) is 43.6 Å². The smallest absolute Gasteiger partial charge is 0.252 e.